The Labute approximate surface area is 747 Å². The van der Waals surface area contributed by atoms with Crippen LogP contribution in [-0.2, 0) is 10.8 Å². The summed E-state index contributed by atoms with van der Waals surface area (Å²) in [6, 6.07) is 169. The third kappa shape index (κ3) is 13.9. The van der Waals surface area contributed by atoms with Gasteiger partial charge in [0.2, 0.25) is 0 Å². The molecule has 0 N–H and O–H groups in total. The van der Waals surface area contributed by atoms with Gasteiger partial charge in [-0.05, 0) is 243 Å². The van der Waals surface area contributed by atoms with Crippen molar-refractivity contribution < 1.29 is 8.83 Å². The number of hydrogen-bond donors (Lipinski definition) is 0. The standard InChI is InChI=1S/C64H46O.C62H44O/c1-64(2)59-39-52(53-34-38-58-57-15-9-10-16-61(57)65-62(58)41-53)33-36-55(59)56-37-35-54(40-60(56)64)63(50-29-25-48(26-30-50)46-21-17-44(18-22-46)42-11-5-3-6-12-42)51-31-27-49(28-32-51)47-23-19-45(20-24-47)43-13-7-4-8-14-43;1-62(2)57-37-46(47-29-33-55-54-22-11-12-23-59(54)63-60(55)39-47)28-31-52(57)53-32-30-48(38-58(53)62)61(56-35-34-49(42-16-7-4-8-17-42)50-20-9-10-21-51(50)56)43-26-24-41(25-27-43)45-19-13-18-44(36-45)40-14-5-3-6-15-40/h3-41,63H,1-2H3;3-39,61H,1-2H3. The van der Waals surface area contributed by atoms with Crippen molar-refractivity contribution in [2.24, 2.45) is 0 Å². The fourth-order valence-electron chi connectivity index (χ4n) is 20.7. The van der Waals surface area contributed by atoms with Crippen LogP contribution in [-0.4, -0.2) is 0 Å². The van der Waals surface area contributed by atoms with E-state index in [-0.39, 0.29) is 22.7 Å². The SMILES string of the molecule is CC1(C)c2cc(-c3ccc4c(c3)oc3ccccc34)ccc2-c2ccc(C(c3ccc(-c4ccc(-c5ccccc5)cc4)cc3)c3ccc(-c4ccc(-c5ccccc5)cc4)cc3)cc21.CC1(C)c2cc(-c3ccc4c(c3)oc3ccccc34)ccc2-c2ccc(C(c3ccc(-c4cccc(-c5ccccc5)c4)cc3)c3ccc(-c4ccccc4)c4ccccc34)cc21. The zero-order valence-corrected chi connectivity index (χ0v) is 71.8. The number of hydrogen-bond acceptors (Lipinski definition) is 2. The van der Waals surface area contributed by atoms with E-state index < -0.39 is 0 Å². The van der Waals surface area contributed by atoms with Gasteiger partial charge < -0.3 is 8.83 Å². The minimum Gasteiger partial charge on any atom is -0.456 e. The van der Waals surface area contributed by atoms with E-state index in [2.05, 4.69) is 464 Å². The molecule has 2 heteroatoms. The summed E-state index contributed by atoms with van der Waals surface area (Å²) in [6.07, 6.45) is 0. The van der Waals surface area contributed by atoms with Crippen LogP contribution in [0.4, 0.5) is 0 Å². The lowest BCUT2D eigenvalue weighted by molar-refractivity contribution is 0.659. The van der Waals surface area contributed by atoms with Gasteiger partial charge in [-0.2, -0.15) is 0 Å². The van der Waals surface area contributed by atoms with Gasteiger partial charge in [-0.1, -0.05) is 434 Å². The monoisotopic (exact) mass is 1630 g/mol. The van der Waals surface area contributed by atoms with Crippen LogP contribution in [0, 0.1) is 0 Å². The summed E-state index contributed by atoms with van der Waals surface area (Å²) in [7, 11) is 0. The van der Waals surface area contributed by atoms with Crippen LogP contribution >= 0.6 is 0 Å². The van der Waals surface area contributed by atoms with Crippen LogP contribution < -0.4 is 0 Å². The second kappa shape index (κ2) is 31.8. The Balaban J connectivity index is 0.000000147. The van der Waals surface area contributed by atoms with Gasteiger partial charge in [-0.3, -0.25) is 0 Å². The second-order valence-corrected chi connectivity index (χ2v) is 35.7. The molecule has 20 aromatic carbocycles. The Morgan fingerprint density at radius 2 is 0.414 bits per heavy atom. The number of furan rings is 2. The molecule has 128 heavy (non-hydrogen) atoms. The average Bonchev–Trinajstić information content (AvgIpc) is 1.58. The summed E-state index contributed by atoms with van der Waals surface area (Å²) in [5.41, 5.74) is 43.5. The molecule has 2 aliphatic carbocycles. The zero-order chi connectivity index (χ0) is 85.6. The summed E-state index contributed by atoms with van der Waals surface area (Å²) >= 11 is 0. The lowest BCUT2D eigenvalue weighted by atomic mass is 9.77. The van der Waals surface area contributed by atoms with Crippen LogP contribution in [0.1, 0.15) is 95.2 Å². The molecule has 2 aromatic heterocycles. The highest BCUT2D eigenvalue weighted by Crippen LogP contribution is 2.55. The first-order chi connectivity index (χ1) is 62.9. The quantitative estimate of drug-likeness (QED) is 0.0956. The van der Waals surface area contributed by atoms with Crippen LogP contribution in [0.5, 0.6) is 0 Å². The summed E-state index contributed by atoms with van der Waals surface area (Å²) in [6.45, 7) is 9.56. The van der Waals surface area contributed by atoms with Gasteiger partial charge in [0.1, 0.15) is 22.3 Å². The van der Waals surface area contributed by atoms with Crippen LogP contribution in [0.2, 0.25) is 0 Å². The van der Waals surface area contributed by atoms with Crippen LogP contribution in [0.25, 0.3) is 177 Å². The van der Waals surface area contributed by atoms with E-state index in [4.69, 9.17) is 8.83 Å². The van der Waals surface area contributed by atoms with Gasteiger partial charge in [-0.15, -0.1) is 0 Å². The Bertz CT molecular complexity index is 7840. The lowest BCUT2D eigenvalue weighted by Crippen LogP contribution is -2.16. The molecule has 0 amide bonds. The summed E-state index contributed by atoms with van der Waals surface area (Å²) < 4.78 is 12.6. The molecule has 1 atom stereocenters. The molecule has 0 saturated carbocycles. The van der Waals surface area contributed by atoms with E-state index in [9.17, 15) is 0 Å². The number of benzene rings is 20. The number of rotatable bonds is 15. The van der Waals surface area contributed by atoms with Crippen molar-refractivity contribution in [3.05, 3.63) is 517 Å². The van der Waals surface area contributed by atoms with Crippen molar-refractivity contribution in [1.82, 2.24) is 0 Å². The molecule has 0 aliphatic heterocycles. The average molecular weight is 1640 g/mol. The van der Waals surface area contributed by atoms with Crippen LogP contribution in [0.3, 0.4) is 0 Å². The first-order valence-electron chi connectivity index (χ1n) is 44.7. The Morgan fingerprint density at radius 1 is 0.156 bits per heavy atom. The maximum atomic E-state index is 6.31. The van der Waals surface area contributed by atoms with Gasteiger partial charge in [0, 0.05) is 44.2 Å². The van der Waals surface area contributed by atoms with Gasteiger partial charge >= 0.3 is 0 Å². The van der Waals surface area contributed by atoms with Crippen molar-refractivity contribution in [3.8, 4) is 122 Å². The van der Waals surface area contributed by atoms with E-state index in [1.165, 1.54) is 178 Å². The highest BCUT2D eigenvalue weighted by molar-refractivity contribution is 6.08. The molecule has 0 bridgehead atoms. The van der Waals surface area contributed by atoms with E-state index in [0.29, 0.717) is 0 Å². The molecule has 606 valence electrons. The van der Waals surface area contributed by atoms with Crippen molar-refractivity contribution in [2.45, 2.75) is 50.4 Å². The number of para-hydroxylation sites is 2. The molecule has 2 nitrogen and oxygen atoms in total. The molecule has 0 fully saturated rings. The summed E-state index contributed by atoms with van der Waals surface area (Å²) in [4.78, 5) is 0. The van der Waals surface area contributed by atoms with Crippen molar-refractivity contribution in [3.63, 3.8) is 0 Å². The molecule has 0 radical (unpaired) electrons. The maximum Gasteiger partial charge on any atom is 0.136 e. The Kier molecular flexibility index (Phi) is 19.1. The number of fused-ring (bicyclic) bond motifs is 13. The van der Waals surface area contributed by atoms with E-state index in [1.807, 2.05) is 24.3 Å². The van der Waals surface area contributed by atoms with E-state index in [1.54, 1.807) is 0 Å². The Morgan fingerprint density at radius 3 is 0.836 bits per heavy atom. The lowest BCUT2D eigenvalue weighted by Gasteiger charge is -2.26. The van der Waals surface area contributed by atoms with Crippen molar-refractivity contribution >= 4 is 54.6 Å². The second-order valence-electron chi connectivity index (χ2n) is 35.7. The minimum absolute atomic E-state index is 0.000311. The fourth-order valence-corrected chi connectivity index (χ4v) is 20.7. The molecule has 24 rings (SSSR count). The van der Waals surface area contributed by atoms with Crippen LogP contribution in [0.15, 0.2) is 470 Å². The Hall–Kier alpha value is -15.7. The fraction of sp³-hybridized carbons (Fsp3) is 0.0635. The van der Waals surface area contributed by atoms with E-state index >= 15 is 0 Å². The maximum absolute atomic E-state index is 6.31. The molecule has 2 aliphatic rings. The van der Waals surface area contributed by atoms with E-state index in [0.717, 1.165) is 55.0 Å². The highest BCUT2D eigenvalue weighted by atomic mass is 16.3. The van der Waals surface area contributed by atoms with Crippen molar-refractivity contribution in [1.29, 1.82) is 0 Å². The molecule has 2 heterocycles. The molecular formula is C126H90O2. The first kappa shape index (κ1) is 77.1. The molecule has 1 unspecified atom stereocenters. The van der Waals surface area contributed by atoms with Gasteiger partial charge in [-0.25, -0.2) is 0 Å². The summed E-state index contributed by atoms with van der Waals surface area (Å²) in [5, 5.41) is 7.16. The zero-order valence-electron chi connectivity index (χ0n) is 71.8. The minimum atomic E-state index is -0.211. The molecule has 0 spiro atoms. The van der Waals surface area contributed by atoms with Crippen molar-refractivity contribution in [2.75, 3.05) is 0 Å². The normalized spacial score (nSPS) is 13.0. The summed E-state index contributed by atoms with van der Waals surface area (Å²) in [5.74, 6) is 0.0373. The smallest absolute Gasteiger partial charge is 0.136 e. The van der Waals surface area contributed by atoms with Gasteiger partial charge in [0.05, 0.1) is 0 Å². The van der Waals surface area contributed by atoms with Gasteiger partial charge in [0.15, 0.2) is 0 Å². The van der Waals surface area contributed by atoms with Gasteiger partial charge in [0.25, 0.3) is 0 Å². The topological polar surface area (TPSA) is 26.3 Å². The molecule has 22 aromatic rings. The third-order valence-electron chi connectivity index (χ3n) is 27.5. The largest absolute Gasteiger partial charge is 0.456 e. The molecule has 0 saturated heterocycles. The first-order valence-corrected chi connectivity index (χ1v) is 44.7. The highest BCUT2D eigenvalue weighted by Gasteiger charge is 2.39. The third-order valence-corrected chi connectivity index (χ3v) is 27.5. The predicted octanol–water partition coefficient (Wildman–Crippen LogP) is 34.3. The predicted molar refractivity (Wildman–Crippen MR) is 537 cm³/mol. The molecular weight excluding hydrogens is 1550 g/mol.